The zero-order valence-corrected chi connectivity index (χ0v) is 16.1. The largest absolute Gasteiger partial charge is 0.507 e. The lowest BCUT2D eigenvalue weighted by Gasteiger charge is -2.11. The molecule has 1 aromatic heterocycles. The number of hydrogen-bond donors (Lipinski definition) is 3. The zero-order valence-electron chi connectivity index (χ0n) is 15.2. The van der Waals surface area contributed by atoms with Gasteiger partial charge in [-0.15, -0.1) is 11.3 Å². The van der Waals surface area contributed by atoms with Crippen LogP contribution in [0.15, 0.2) is 18.2 Å². The molecule has 3 rings (SSSR count). The number of benzene rings is 1. The van der Waals surface area contributed by atoms with Gasteiger partial charge in [-0.3, -0.25) is 9.59 Å². The van der Waals surface area contributed by atoms with Crippen molar-refractivity contribution in [2.24, 2.45) is 5.73 Å². The van der Waals surface area contributed by atoms with Crippen molar-refractivity contribution in [2.45, 2.75) is 25.7 Å². The highest BCUT2D eigenvalue weighted by molar-refractivity contribution is 7.17. The van der Waals surface area contributed by atoms with Gasteiger partial charge in [0.15, 0.2) is 6.61 Å². The fraction of sp³-hybridized carbons (Fsp3) is 0.316. The fourth-order valence-corrected chi connectivity index (χ4v) is 4.40. The highest BCUT2D eigenvalue weighted by atomic mass is 32.1. The highest BCUT2D eigenvalue weighted by Gasteiger charge is 2.25. The van der Waals surface area contributed by atoms with Gasteiger partial charge in [-0.1, -0.05) is 0 Å². The number of nitrogens with one attached hydrogen (secondary N) is 1. The van der Waals surface area contributed by atoms with Crippen molar-refractivity contribution in [1.29, 1.82) is 0 Å². The van der Waals surface area contributed by atoms with Crippen LogP contribution in [0.2, 0.25) is 0 Å². The first kappa shape index (κ1) is 19.7. The molecule has 1 aromatic carbocycles. The number of thiophene rings is 1. The van der Waals surface area contributed by atoms with Crippen LogP contribution in [0.1, 0.15) is 44.0 Å². The van der Waals surface area contributed by atoms with Gasteiger partial charge in [0.2, 0.25) is 0 Å². The van der Waals surface area contributed by atoms with Crippen LogP contribution in [0, 0.1) is 0 Å². The summed E-state index contributed by atoms with van der Waals surface area (Å²) >= 11 is 1.33. The molecule has 2 amide bonds. The summed E-state index contributed by atoms with van der Waals surface area (Å²) in [5.74, 6) is -1.98. The van der Waals surface area contributed by atoms with Gasteiger partial charge < -0.3 is 25.6 Å². The summed E-state index contributed by atoms with van der Waals surface area (Å²) in [4.78, 5) is 37.2. The van der Waals surface area contributed by atoms with Crippen LogP contribution in [0.3, 0.4) is 0 Å². The molecule has 4 N–H and O–H groups in total. The van der Waals surface area contributed by atoms with E-state index in [2.05, 4.69) is 5.32 Å². The third-order valence-corrected chi connectivity index (χ3v) is 5.64. The first-order chi connectivity index (χ1) is 13.4. The molecule has 0 saturated carbocycles. The monoisotopic (exact) mass is 404 g/mol. The number of aromatic hydroxyl groups is 1. The second kappa shape index (κ2) is 8.30. The van der Waals surface area contributed by atoms with Gasteiger partial charge in [-0.25, -0.2) is 4.79 Å². The molecule has 0 aliphatic heterocycles. The predicted octanol–water partition coefficient (Wildman–Crippen LogP) is 2.24. The molecule has 1 heterocycles. The molecule has 0 bridgehead atoms. The molecule has 1 aliphatic rings. The minimum absolute atomic E-state index is 0.114. The third-order valence-electron chi connectivity index (χ3n) is 4.43. The van der Waals surface area contributed by atoms with E-state index in [1.54, 1.807) is 0 Å². The number of primary amides is 1. The molecule has 0 fully saturated rings. The lowest BCUT2D eigenvalue weighted by Crippen LogP contribution is -2.23. The van der Waals surface area contributed by atoms with E-state index in [4.69, 9.17) is 15.2 Å². The second-order valence-corrected chi connectivity index (χ2v) is 7.39. The standard InChI is InChI=1S/C19H20N2O6S/c1-26-10-6-7-13(22)12(8-10)19(25)27-9-15(23)21-18-16(17(20)24)11-4-2-3-5-14(11)28-18/h6-8,22H,2-5,9H2,1H3,(H2,20,24)(H,21,23). The molecule has 148 valence electrons. The Hall–Kier alpha value is -3.07. The van der Waals surface area contributed by atoms with Crippen molar-refractivity contribution in [1.82, 2.24) is 0 Å². The molecule has 9 heteroatoms. The van der Waals surface area contributed by atoms with Gasteiger partial charge >= 0.3 is 5.97 Å². The van der Waals surface area contributed by atoms with E-state index in [1.165, 1.54) is 36.6 Å². The van der Waals surface area contributed by atoms with Crippen molar-refractivity contribution < 1.29 is 29.0 Å². The quantitative estimate of drug-likeness (QED) is 0.634. The van der Waals surface area contributed by atoms with Crippen molar-refractivity contribution in [3.8, 4) is 11.5 Å². The minimum Gasteiger partial charge on any atom is -0.507 e. The maximum absolute atomic E-state index is 12.2. The van der Waals surface area contributed by atoms with Gasteiger partial charge in [-0.05, 0) is 49.4 Å². The Morgan fingerprint density at radius 2 is 2.00 bits per heavy atom. The molecular formula is C19H20N2O6S. The Labute approximate surface area is 165 Å². The average molecular weight is 404 g/mol. The smallest absolute Gasteiger partial charge is 0.342 e. The SMILES string of the molecule is COc1ccc(O)c(C(=O)OCC(=O)Nc2sc3c(c2C(N)=O)CCCC3)c1. The number of phenols is 1. The molecular weight excluding hydrogens is 384 g/mol. The molecule has 8 nitrogen and oxygen atoms in total. The number of phenolic OH excluding ortho intramolecular Hbond substituents is 1. The number of anilines is 1. The van der Waals surface area contributed by atoms with Crippen LogP contribution in [0.5, 0.6) is 11.5 Å². The molecule has 0 saturated heterocycles. The Morgan fingerprint density at radius 3 is 2.71 bits per heavy atom. The van der Waals surface area contributed by atoms with Gasteiger partial charge in [0.25, 0.3) is 11.8 Å². The number of aryl methyl sites for hydroxylation is 1. The van der Waals surface area contributed by atoms with E-state index in [-0.39, 0.29) is 11.3 Å². The maximum Gasteiger partial charge on any atom is 0.342 e. The van der Waals surface area contributed by atoms with Crippen LogP contribution in [-0.2, 0) is 22.4 Å². The second-order valence-electron chi connectivity index (χ2n) is 6.29. The number of fused-ring (bicyclic) bond motifs is 1. The Balaban J connectivity index is 1.67. The lowest BCUT2D eigenvalue weighted by molar-refractivity contribution is -0.119. The molecule has 0 radical (unpaired) electrons. The number of esters is 1. The van der Waals surface area contributed by atoms with E-state index in [9.17, 15) is 19.5 Å². The van der Waals surface area contributed by atoms with Crippen molar-refractivity contribution in [3.05, 3.63) is 39.8 Å². The van der Waals surface area contributed by atoms with E-state index >= 15 is 0 Å². The molecule has 28 heavy (non-hydrogen) atoms. The van der Waals surface area contributed by atoms with Crippen LogP contribution in [-0.4, -0.2) is 36.6 Å². The van der Waals surface area contributed by atoms with Gasteiger partial charge in [0, 0.05) is 4.88 Å². The summed E-state index contributed by atoms with van der Waals surface area (Å²) in [7, 11) is 1.42. The average Bonchev–Trinajstić information content (AvgIpc) is 3.04. The van der Waals surface area contributed by atoms with E-state index in [1.807, 2.05) is 0 Å². The molecule has 1 aliphatic carbocycles. The lowest BCUT2D eigenvalue weighted by atomic mass is 9.95. The van der Waals surface area contributed by atoms with Gasteiger partial charge in [-0.2, -0.15) is 0 Å². The molecule has 0 atom stereocenters. The van der Waals surface area contributed by atoms with Crippen molar-refractivity contribution in [2.75, 3.05) is 19.0 Å². The molecule has 2 aromatic rings. The Morgan fingerprint density at radius 1 is 1.25 bits per heavy atom. The maximum atomic E-state index is 12.2. The number of methoxy groups -OCH3 is 1. The number of amides is 2. The summed E-state index contributed by atoms with van der Waals surface area (Å²) in [6.45, 7) is -0.573. The summed E-state index contributed by atoms with van der Waals surface area (Å²) in [5, 5.41) is 12.8. The van der Waals surface area contributed by atoms with Gasteiger partial charge in [0.1, 0.15) is 22.1 Å². The van der Waals surface area contributed by atoms with Crippen LogP contribution < -0.4 is 15.8 Å². The molecule has 0 unspecified atom stereocenters. The Kier molecular flexibility index (Phi) is 5.84. The van der Waals surface area contributed by atoms with Crippen LogP contribution in [0.25, 0.3) is 0 Å². The minimum atomic E-state index is -0.868. The summed E-state index contributed by atoms with van der Waals surface area (Å²) in [6, 6.07) is 4.10. The zero-order chi connectivity index (χ0) is 20.3. The van der Waals surface area contributed by atoms with Gasteiger partial charge in [0.05, 0.1) is 12.7 Å². The van der Waals surface area contributed by atoms with Crippen molar-refractivity contribution in [3.63, 3.8) is 0 Å². The fourth-order valence-electron chi connectivity index (χ4n) is 3.09. The summed E-state index contributed by atoms with van der Waals surface area (Å²) in [5.41, 5.74) is 6.62. The van der Waals surface area contributed by atoms with E-state index < -0.39 is 24.4 Å². The first-order valence-electron chi connectivity index (χ1n) is 8.69. The normalized spacial score (nSPS) is 12.8. The number of rotatable bonds is 6. The van der Waals surface area contributed by atoms with Crippen LogP contribution >= 0.6 is 11.3 Å². The number of nitrogens with two attached hydrogens (primary N) is 1. The number of ether oxygens (including phenoxy) is 2. The predicted molar refractivity (Wildman–Crippen MR) is 103 cm³/mol. The summed E-state index contributed by atoms with van der Waals surface area (Å²) in [6.07, 6.45) is 3.60. The highest BCUT2D eigenvalue weighted by Crippen LogP contribution is 2.37. The Bertz CT molecular complexity index is 937. The van der Waals surface area contributed by atoms with E-state index in [0.717, 1.165) is 36.1 Å². The first-order valence-corrected chi connectivity index (χ1v) is 9.50. The molecule has 0 spiro atoms. The number of carbonyl (C=O) groups excluding carboxylic acids is 3. The number of carbonyl (C=O) groups is 3. The van der Waals surface area contributed by atoms with E-state index in [0.29, 0.717) is 16.3 Å². The summed E-state index contributed by atoms with van der Waals surface area (Å²) < 4.78 is 9.97. The number of hydrogen-bond acceptors (Lipinski definition) is 7. The van der Waals surface area contributed by atoms with Crippen LogP contribution in [0.4, 0.5) is 5.00 Å². The van der Waals surface area contributed by atoms with Crippen molar-refractivity contribution >= 4 is 34.1 Å². The third kappa shape index (κ3) is 4.09. The topological polar surface area (TPSA) is 128 Å².